The van der Waals surface area contributed by atoms with E-state index in [-0.39, 0.29) is 12.0 Å². The first kappa shape index (κ1) is 13.7. The molecule has 94 valence electrons. The highest BCUT2D eigenvalue weighted by molar-refractivity contribution is 5.75. The molecule has 1 aromatic rings. The van der Waals surface area contributed by atoms with Crippen molar-refractivity contribution in [2.45, 2.75) is 32.7 Å². The van der Waals surface area contributed by atoms with Gasteiger partial charge in [0, 0.05) is 0 Å². The molecule has 0 saturated carbocycles. The number of carbonyl (C=O) groups is 1. The summed E-state index contributed by atoms with van der Waals surface area (Å²) in [5, 5.41) is 3.16. The molecule has 1 N–H and O–H groups in total. The van der Waals surface area contributed by atoms with Crippen LogP contribution in [0.4, 0.5) is 0 Å². The number of hydrogen-bond acceptors (Lipinski definition) is 3. The van der Waals surface area contributed by atoms with Crippen molar-refractivity contribution in [3.05, 3.63) is 35.9 Å². The summed E-state index contributed by atoms with van der Waals surface area (Å²) in [6.07, 6.45) is 2.05. The summed E-state index contributed by atoms with van der Waals surface area (Å²) < 4.78 is 4.92. The average Bonchev–Trinajstić information content (AvgIpc) is 2.36. The van der Waals surface area contributed by atoms with Crippen molar-refractivity contribution in [2.24, 2.45) is 0 Å². The molecule has 0 aliphatic carbocycles. The molecule has 0 aliphatic rings. The number of aryl methyl sites for hydroxylation is 1. The summed E-state index contributed by atoms with van der Waals surface area (Å²) in [5.41, 5.74) is 1.33. The minimum Gasteiger partial charge on any atom is -0.465 e. The monoisotopic (exact) mass is 235 g/mol. The van der Waals surface area contributed by atoms with E-state index in [2.05, 4.69) is 17.4 Å². The normalized spacial score (nSPS) is 12.1. The molecule has 3 nitrogen and oxygen atoms in total. The van der Waals surface area contributed by atoms with Crippen LogP contribution in [-0.2, 0) is 16.0 Å². The van der Waals surface area contributed by atoms with Gasteiger partial charge in [0.2, 0.25) is 0 Å². The Kier molecular flexibility index (Phi) is 6.33. The number of benzene rings is 1. The highest BCUT2D eigenvalue weighted by Crippen LogP contribution is 2.01. The van der Waals surface area contributed by atoms with Crippen LogP contribution in [0.5, 0.6) is 0 Å². The van der Waals surface area contributed by atoms with Crippen molar-refractivity contribution in [3.8, 4) is 0 Å². The number of nitrogens with one attached hydrogen (secondary N) is 1. The molecule has 1 rings (SSSR count). The maximum Gasteiger partial charge on any atom is 0.322 e. The summed E-state index contributed by atoms with van der Waals surface area (Å²) in [6.45, 7) is 4.92. The molecule has 0 radical (unpaired) electrons. The third-order valence-electron chi connectivity index (χ3n) is 2.58. The fraction of sp³-hybridized carbons (Fsp3) is 0.500. The van der Waals surface area contributed by atoms with Crippen LogP contribution in [0, 0.1) is 0 Å². The van der Waals surface area contributed by atoms with Crippen molar-refractivity contribution >= 4 is 5.97 Å². The molecule has 1 aromatic carbocycles. The minimum absolute atomic E-state index is 0.174. The lowest BCUT2D eigenvalue weighted by atomic mass is 10.1. The van der Waals surface area contributed by atoms with Crippen molar-refractivity contribution in [2.75, 3.05) is 13.2 Å². The zero-order chi connectivity index (χ0) is 12.5. The highest BCUT2D eigenvalue weighted by atomic mass is 16.5. The van der Waals surface area contributed by atoms with Crippen molar-refractivity contribution in [1.29, 1.82) is 0 Å². The summed E-state index contributed by atoms with van der Waals surface area (Å²) in [5.74, 6) is -0.174. The van der Waals surface area contributed by atoms with Gasteiger partial charge < -0.3 is 10.1 Å². The Bertz CT molecular complexity index is 324. The fourth-order valence-electron chi connectivity index (χ4n) is 1.61. The van der Waals surface area contributed by atoms with Crippen LogP contribution in [0.2, 0.25) is 0 Å². The Morgan fingerprint density at radius 2 is 2.06 bits per heavy atom. The number of esters is 1. The van der Waals surface area contributed by atoms with E-state index in [0.29, 0.717) is 6.61 Å². The van der Waals surface area contributed by atoms with Crippen LogP contribution in [0.15, 0.2) is 30.3 Å². The first-order valence-corrected chi connectivity index (χ1v) is 6.18. The zero-order valence-corrected chi connectivity index (χ0v) is 10.6. The van der Waals surface area contributed by atoms with Gasteiger partial charge in [-0.25, -0.2) is 0 Å². The molecule has 0 aromatic heterocycles. The molecule has 0 aliphatic heterocycles. The van der Waals surface area contributed by atoms with Gasteiger partial charge in [0.1, 0.15) is 6.04 Å². The van der Waals surface area contributed by atoms with Gasteiger partial charge in [-0.15, -0.1) is 0 Å². The smallest absolute Gasteiger partial charge is 0.322 e. The van der Waals surface area contributed by atoms with Crippen LogP contribution in [0.25, 0.3) is 0 Å². The maximum atomic E-state index is 11.3. The lowest BCUT2D eigenvalue weighted by Crippen LogP contribution is -2.36. The van der Waals surface area contributed by atoms with Crippen LogP contribution in [0.3, 0.4) is 0 Å². The second-order valence-electron chi connectivity index (χ2n) is 4.02. The number of hydrogen-bond donors (Lipinski definition) is 1. The third-order valence-corrected chi connectivity index (χ3v) is 2.58. The third kappa shape index (κ3) is 5.50. The van der Waals surface area contributed by atoms with Crippen LogP contribution >= 0.6 is 0 Å². The molecule has 17 heavy (non-hydrogen) atoms. The van der Waals surface area contributed by atoms with E-state index in [4.69, 9.17) is 4.74 Å². The lowest BCUT2D eigenvalue weighted by Gasteiger charge is -2.12. The summed E-state index contributed by atoms with van der Waals surface area (Å²) >= 11 is 0. The van der Waals surface area contributed by atoms with Gasteiger partial charge in [-0.05, 0) is 38.8 Å². The largest absolute Gasteiger partial charge is 0.465 e. The Morgan fingerprint density at radius 3 is 2.71 bits per heavy atom. The summed E-state index contributed by atoms with van der Waals surface area (Å²) in [6, 6.07) is 10.1. The Labute approximate surface area is 103 Å². The Hall–Kier alpha value is -1.35. The Morgan fingerprint density at radius 1 is 1.35 bits per heavy atom. The van der Waals surface area contributed by atoms with Gasteiger partial charge in [0.15, 0.2) is 0 Å². The van der Waals surface area contributed by atoms with E-state index in [1.54, 1.807) is 0 Å². The molecule has 0 fully saturated rings. The zero-order valence-electron chi connectivity index (χ0n) is 10.6. The van der Waals surface area contributed by atoms with E-state index in [1.165, 1.54) is 5.56 Å². The molecule has 0 heterocycles. The quantitative estimate of drug-likeness (QED) is 0.581. The second-order valence-corrected chi connectivity index (χ2v) is 4.02. The van der Waals surface area contributed by atoms with Crippen molar-refractivity contribution < 1.29 is 9.53 Å². The lowest BCUT2D eigenvalue weighted by molar-refractivity contribution is -0.145. The van der Waals surface area contributed by atoms with E-state index < -0.39 is 0 Å². The van der Waals surface area contributed by atoms with Gasteiger partial charge in [-0.2, -0.15) is 0 Å². The number of carbonyl (C=O) groups excluding carboxylic acids is 1. The van der Waals surface area contributed by atoms with E-state index in [0.717, 1.165) is 19.4 Å². The first-order chi connectivity index (χ1) is 8.24. The molecule has 0 saturated heterocycles. The van der Waals surface area contributed by atoms with Gasteiger partial charge in [0.25, 0.3) is 0 Å². The predicted molar refractivity (Wildman–Crippen MR) is 68.9 cm³/mol. The van der Waals surface area contributed by atoms with E-state index in [9.17, 15) is 4.79 Å². The minimum atomic E-state index is -0.217. The molecule has 0 bridgehead atoms. The topological polar surface area (TPSA) is 38.3 Å². The summed E-state index contributed by atoms with van der Waals surface area (Å²) in [7, 11) is 0. The van der Waals surface area contributed by atoms with Crippen LogP contribution < -0.4 is 5.32 Å². The molecule has 0 spiro atoms. The van der Waals surface area contributed by atoms with Gasteiger partial charge in [-0.3, -0.25) is 4.79 Å². The van der Waals surface area contributed by atoms with E-state index >= 15 is 0 Å². The molecular weight excluding hydrogens is 214 g/mol. The maximum absolute atomic E-state index is 11.3. The van der Waals surface area contributed by atoms with Gasteiger partial charge in [-0.1, -0.05) is 30.3 Å². The second kappa shape index (κ2) is 7.85. The average molecular weight is 235 g/mol. The standard InChI is InChI=1S/C14H21NO2/c1-3-17-14(16)12(2)15-11-7-10-13-8-5-4-6-9-13/h4-6,8-9,12,15H,3,7,10-11H2,1-2H3. The van der Waals surface area contributed by atoms with Gasteiger partial charge in [0.05, 0.1) is 6.61 Å². The molecule has 1 unspecified atom stereocenters. The Balaban J connectivity index is 2.14. The molecule has 1 atom stereocenters. The summed E-state index contributed by atoms with van der Waals surface area (Å²) in [4.78, 5) is 11.3. The molecule has 0 amide bonds. The fourth-order valence-corrected chi connectivity index (χ4v) is 1.61. The van der Waals surface area contributed by atoms with Crippen molar-refractivity contribution in [3.63, 3.8) is 0 Å². The predicted octanol–water partition coefficient (Wildman–Crippen LogP) is 2.16. The SMILES string of the molecule is CCOC(=O)C(C)NCCCc1ccccc1. The van der Waals surface area contributed by atoms with Crippen molar-refractivity contribution in [1.82, 2.24) is 5.32 Å². The number of rotatable bonds is 7. The van der Waals surface area contributed by atoms with Gasteiger partial charge >= 0.3 is 5.97 Å². The van der Waals surface area contributed by atoms with E-state index in [1.807, 2.05) is 32.0 Å². The van der Waals surface area contributed by atoms with Crippen LogP contribution in [0.1, 0.15) is 25.8 Å². The highest BCUT2D eigenvalue weighted by Gasteiger charge is 2.11. The molecule has 3 heteroatoms. The number of ether oxygens (including phenoxy) is 1. The molecular formula is C14H21NO2. The van der Waals surface area contributed by atoms with Crippen LogP contribution in [-0.4, -0.2) is 25.2 Å². The first-order valence-electron chi connectivity index (χ1n) is 6.18.